The Labute approximate surface area is 179 Å². The van der Waals surface area contributed by atoms with Gasteiger partial charge in [-0.1, -0.05) is 72.4 Å². The number of para-hydroxylation sites is 3. The summed E-state index contributed by atoms with van der Waals surface area (Å²) in [5.41, 5.74) is 3.58. The number of hydrogen-bond donors (Lipinski definition) is 1. The maximum Gasteiger partial charge on any atom is 0.234 e. The summed E-state index contributed by atoms with van der Waals surface area (Å²) in [6, 6.07) is 23.3. The summed E-state index contributed by atoms with van der Waals surface area (Å²) in [5, 5.41) is 4.65. The van der Waals surface area contributed by atoms with Crippen LogP contribution in [0.3, 0.4) is 0 Å². The first-order valence-corrected chi connectivity index (χ1v) is 10.5. The van der Waals surface area contributed by atoms with Crippen LogP contribution >= 0.6 is 11.8 Å². The number of nitrogens with zero attached hydrogens (tertiary/aromatic N) is 2. The summed E-state index contributed by atoms with van der Waals surface area (Å²) < 4.78 is 5.30. The molecule has 1 heterocycles. The second-order valence-corrected chi connectivity index (χ2v) is 7.69. The van der Waals surface area contributed by atoms with Crippen molar-refractivity contribution in [3.05, 3.63) is 78.4 Å². The zero-order chi connectivity index (χ0) is 20.9. The van der Waals surface area contributed by atoms with Gasteiger partial charge < -0.3 is 10.1 Å². The van der Waals surface area contributed by atoms with Crippen molar-refractivity contribution in [1.82, 2.24) is 9.97 Å². The lowest BCUT2D eigenvalue weighted by molar-refractivity contribution is -0.113. The van der Waals surface area contributed by atoms with Crippen molar-refractivity contribution in [1.29, 1.82) is 0 Å². The Morgan fingerprint density at radius 3 is 2.53 bits per heavy atom. The molecule has 0 saturated carbocycles. The van der Waals surface area contributed by atoms with Crippen LogP contribution in [0.15, 0.2) is 77.8 Å². The average molecular weight is 416 g/mol. The summed E-state index contributed by atoms with van der Waals surface area (Å²) >= 11 is 1.40. The van der Waals surface area contributed by atoms with Crippen molar-refractivity contribution in [2.75, 3.05) is 18.2 Å². The van der Waals surface area contributed by atoms with Crippen LogP contribution in [0.5, 0.6) is 5.75 Å². The Kier molecular flexibility index (Phi) is 5.95. The molecule has 0 bridgehead atoms. The Balaban J connectivity index is 1.62. The molecule has 0 unspecified atom stereocenters. The highest BCUT2D eigenvalue weighted by atomic mass is 32.2. The molecule has 0 aliphatic rings. The zero-order valence-electron chi connectivity index (χ0n) is 16.8. The van der Waals surface area contributed by atoms with Crippen molar-refractivity contribution >= 4 is 34.3 Å². The molecule has 3 aromatic carbocycles. The van der Waals surface area contributed by atoms with Crippen molar-refractivity contribution in [2.24, 2.45) is 0 Å². The van der Waals surface area contributed by atoms with E-state index in [1.165, 1.54) is 11.8 Å². The average Bonchev–Trinajstić information content (AvgIpc) is 2.79. The van der Waals surface area contributed by atoms with E-state index in [0.717, 1.165) is 27.1 Å². The first-order valence-electron chi connectivity index (χ1n) is 9.54. The van der Waals surface area contributed by atoms with Gasteiger partial charge >= 0.3 is 0 Å². The maximum absolute atomic E-state index is 12.6. The molecule has 0 aliphatic heterocycles. The monoisotopic (exact) mass is 415 g/mol. The Bertz CT molecular complexity index is 1200. The standard InChI is InChI=1S/C24H21N3O2S/c1-16-9-8-12-18-22(16)26-23(17-10-4-3-5-11-17)27-24(18)30-15-21(28)25-19-13-6-7-14-20(19)29-2/h3-14H,15H2,1-2H3,(H,25,28). The number of methoxy groups -OCH3 is 1. The molecule has 6 heteroatoms. The molecule has 4 rings (SSSR count). The molecule has 0 fully saturated rings. The summed E-state index contributed by atoms with van der Waals surface area (Å²) in [6.45, 7) is 2.03. The van der Waals surface area contributed by atoms with Crippen LogP contribution in [-0.2, 0) is 4.79 Å². The van der Waals surface area contributed by atoms with E-state index < -0.39 is 0 Å². The van der Waals surface area contributed by atoms with Crippen molar-refractivity contribution in [3.63, 3.8) is 0 Å². The van der Waals surface area contributed by atoms with E-state index in [9.17, 15) is 4.79 Å². The number of thioether (sulfide) groups is 1. The molecular formula is C24H21N3O2S. The fourth-order valence-electron chi connectivity index (χ4n) is 3.16. The number of nitrogens with one attached hydrogen (secondary N) is 1. The van der Waals surface area contributed by atoms with Gasteiger partial charge in [-0.25, -0.2) is 9.97 Å². The molecule has 0 atom stereocenters. The minimum atomic E-state index is -0.120. The molecule has 0 spiro atoms. The fraction of sp³-hybridized carbons (Fsp3) is 0.125. The number of aryl methyl sites for hydroxylation is 1. The lowest BCUT2D eigenvalue weighted by Gasteiger charge is -2.11. The first kappa shape index (κ1) is 19.9. The first-order chi connectivity index (χ1) is 14.7. The molecule has 1 amide bonds. The lowest BCUT2D eigenvalue weighted by Crippen LogP contribution is -2.14. The third-order valence-electron chi connectivity index (χ3n) is 4.65. The van der Waals surface area contributed by atoms with E-state index in [1.54, 1.807) is 7.11 Å². The second-order valence-electron chi connectivity index (χ2n) is 6.73. The van der Waals surface area contributed by atoms with Crippen LogP contribution in [0.4, 0.5) is 5.69 Å². The predicted octanol–water partition coefficient (Wildman–Crippen LogP) is 5.34. The molecule has 150 valence electrons. The lowest BCUT2D eigenvalue weighted by atomic mass is 10.1. The van der Waals surface area contributed by atoms with Crippen LogP contribution in [0.25, 0.3) is 22.3 Å². The Morgan fingerprint density at radius 1 is 0.967 bits per heavy atom. The SMILES string of the molecule is COc1ccccc1NC(=O)CSc1nc(-c2ccccc2)nc2c(C)cccc12. The molecule has 0 radical (unpaired) electrons. The van der Waals surface area contributed by atoms with Gasteiger partial charge in [0.2, 0.25) is 5.91 Å². The largest absolute Gasteiger partial charge is 0.495 e. The maximum atomic E-state index is 12.6. The smallest absolute Gasteiger partial charge is 0.234 e. The van der Waals surface area contributed by atoms with Gasteiger partial charge in [-0.15, -0.1) is 0 Å². The quantitative estimate of drug-likeness (QED) is 0.340. The van der Waals surface area contributed by atoms with E-state index >= 15 is 0 Å². The number of amides is 1. The molecule has 0 aliphatic carbocycles. The molecule has 0 saturated heterocycles. The normalized spacial score (nSPS) is 10.7. The van der Waals surface area contributed by atoms with Crippen LogP contribution in [0.2, 0.25) is 0 Å². The number of hydrogen-bond acceptors (Lipinski definition) is 5. The van der Waals surface area contributed by atoms with E-state index in [4.69, 9.17) is 14.7 Å². The van der Waals surface area contributed by atoms with Crippen LogP contribution in [0.1, 0.15) is 5.56 Å². The highest BCUT2D eigenvalue weighted by Crippen LogP contribution is 2.30. The van der Waals surface area contributed by atoms with Crippen molar-refractivity contribution < 1.29 is 9.53 Å². The summed E-state index contributed by atoms with van der Waals surface area (Å²) in [6.07, 6.45) is 0. The number of anilines is 1. The van der Waals surface area contributed by atoms with E-state index in [0.29, 0.717) is 17.3 Å². The van der Waals surface area contributed by atoms with Gasteiger partial charge in [0.15, 0.2) is 5.82 Å². The van der Waals surface area contributed by atoms with E-state index in [-0.39, 0.29) is 11.7 Å². The molecule has 4 aromatic rings. The van der Waals surface area contributed by atoms with Crippen LogP contribution < -0.4 is 10.1 Å². The predicted molar refractivity (Wildman–Crippen MR) is 122 cm³/mol. The number of ether oxygens (including phenoxy) is 1. The summed E-state index contributed by atoms with van der Waals surface area (Å²) in [5.74, 6) is 1.40. The molecule has 30 heavy (non-hydrogen) atoms. The number of aromatic nitrogens is 2. The highest BCUT2D eigenvalue weighted by molar-refractivity contribution is 8.00. The number of fused-ring (bicyclic) bond motifs is 1. The van der Waals surface area contributed by atoms with E-state index in [2.05, 4.69) is 5.32 Å². The third-order valence-corrected chi connectivity index (χ3v) is 5.64. The minimum absolute atomic E-state index is 0.120. The minimum Gasteiger partial charge on any atom is -0.495 e. The second kappa shape index (κ2) is 8.97. The zero-order valence-corrected chi connectivity index (χ0v) is 17.6. The summed E-state index contributed by atoms with van der Waals surface area (Å²) in [7, 11) is 1.58. The van der Waals surface area contributed by atoms with Gasteiger partial charge in [0, 0.05) is 10.9 Å². The molecule has 1 N–H and O–H groups in total. The number of rotatable bonds is 6. The van der Waals surface area contributed by atoms with Crippen LogP contribution in [-0.4, -0.2) is 28.7 Å². The van der Waals surface area contributed by atoms with Crippen molar-refractivity contribution in [2.45, 2.75) is 11.9 Å². The van der Waals surface area contributed by atoms with Gasteiger partial charge in [0.1, 0.15) is 10.8 Å². The topological polar surface area (TPSA) is 64.1 Å². The van der Waals surface area contributed by atoms with Crippen molar-refractivity contribution in [3.8, 4) is 17.1 Å². The Morgan fingerprint density at radius 2 is 1.73 bits per heavy atom. The van der Waals surface area contributed by atoms with Gasteiger partial charge in [0.05, 0.1) is 24.1 Å². The number of benzene rings is 3. The number of carbonyl (C=O) groups excluding carboxylic acids is 1. The van der Waals surface area contributed by atoms with Gasteiger partial charge in [-0.05, 0) is 24.6 Å². The number of carbonyl (C=O) groups is 1. The van der Waals surface area contributed by atoms with Crippen LogP contribution in [0, 0.1) is 6.92 Å². The van der Waals surface area contributed by atoms with E-state index in [1.807, 2.05) is 79.7 Å². The summed E-state index contributed by atoms with van der Waals surface area (Å²) in [4.78, 5) is 22.1. The molecular weight excluding hydrogens is 394 g/mol. The fourth-order valence-corrected chi connectivity index (χ4v) is 3.97. The third kappa shape index (κ3) is 4.28. The van der Waals surface area contributed by atoms with Gasteiger partial charge in [-0.3, -0.25) is 4.79 Å². The van der Waals surface area contributed by atoms with Gasteiger partial charge in [0.25, 0.3) is 0 Å². The molecule has 5 nitrogen and oxygen atoms in total. The highest BCUT2D eigenvalue weighted by Gasteiger charge is 2.14. The Hall–Kier alpha value is -3.38. The van der Waals surface area contributed by atoms with Gasteiger partial charge in [-0.2, -0.15) is 0 Å². The molecule has 1 aromatic heterocycles.